The molecule has 0 aliphatic heterocycles. The van der Waals surface area contributed by atoms with E-state index in [0.717, 1.165) is 0 Å². The summed E-state index contributed by atoms with van der Waals surface area (Å²) in [6.45, 7) is 3.07. The van der Waals surface area contributed by atoms with E-state index in [1.165, 1.54) is 24.3 Å². The number of benzene rings is 1. The highest BCUT2D eigenvalue weighted by molar-refractivity contribution is 5.87. The topological polar surface area (TPSA) is 75.6 Å². The van der Waals surface area contributed by atoms with Crippen molar-refractivity contribution in [2.45, 2.75) is 32.2 Å². The van der Waals surface area contributed by atoms with Gasteiger partial charge in [0, 0.05) is 0 Å². The van der Waals surface area contributed by atoms with Gasteiger partial charge in [-0.05, 0) is 37.1 Å². The molecule has 0 spiro atoms. The van der Waals surface area contributed by atoms with Gasteiger partial charge < -0.3 is 15.2 Å². The van der Waals surface area contributed by atoms with E-state index in [4.69, 9.17) is 4.74 Å². The highest BCUT2D eigenvalue weighted by atomic mass is 19.1. The summed E-state index contributed by atoms with van der Waals surface area (Å²) >= 11 is 0. The van der Waals surface area contributed by atoms with Gasteiger partial charge in [0.15, 0.2) is 6.61 Å². The first-order chi connectivity index (χ1) is 9.43. The first-order valence-corrected chi connectivity index (χ1v) is 6.36. The molecule has 0 saturated heterocycles. The summed E-state index contributed by atoms with van der Waals surface area (Å²) in [7, 11) is 0. The van der Waals surface area contributed by atoms with Crippen LogP contribution in [-0.2, 0) is 9.59 Å². The highest BCUT2D eigenvalue weighted by Crippen LogP contribution is 2.16. The number of hydrogen-bond acceptors (Lipinski definition) is 3. The number of halogens is 1. The minimum absolute atomic E-state index is 0.279. The maximum atomic E-state index is 12.7. The van der Waals surface area contributed by atoms with Crippen molar-refractivity contribution in [1.29, 1.82) is 0 Å². The van der Waals surface area contributed by atoms with Crippen molar-refractivity contribution in [3.8, 4) is 5.75 Å². The third-order valence-electron chi connectivity index (χ3n) is 3.18. The molecule has 6 heteroatoms. The monoisotopic (exact) mass is 283 g/mol. The Kier molecular flexibility index (Phi) is 5.49. The van der Waals surface area contributed by atoms with E-state index < -0.39 is 23.2 Å². The van der Waals surface area contributed by atoms with Crippen molar-refractivity contribution < 1.29 is 23.8 Å². The van der Waals surface area contributed by atoms with Gasteiger partial charge in [0.2, 0.25) is 0 Å². The number of ether oxygens (including phenoxy) is 1. The Morgan fingerprint density at radius 1 is 1.25 bits per heavy atom. The van der Waals surface area contributed by atoms with E-state index >= 15 is 0 Å². The Morgan fingerprint density at radius 2 is 1.80 bits per heavy atom. The van der Waals surface area contributed by atoms with Crippen LogP contribution in [0.1, 0.15) is 26.7 Å². The van der Waals surface area contributed by atoms with Crippen LogP contribution in [0.2, 0.25) is 0 Å². The number of carboxylic acid groups (broad SMARTS) is 1. The largest absolute Gasteiger partial charge is 0.484 e. The summed E-state index contributed by atoms with van der Waals surface area (Å²) < 4.78 is 17.9. The number of carboxylic acids is 1. The van der Waals surface area contributed by atoms with Crippen molar-refractivity contribution in [2.24, 2.45) is 0 Å². The van der Waals surface area contributed by atoms with Crippen LogP contribution < -0.4 is 10.1 Å². The molecule has 0 aliphatic rings. The van der Waals surface area contributed by atoms with Crippen molar-refractivity contribution in [2.75, 3.05) is 6.61 Å². The predicted octanol–water partition coefficient (Wildman–Crippen LogP) is 1.96. The molecule has 5 nitrogen and oxygen atoms in total. The zero-order valence-electron chi connectivity index (χ0n) is 11.5. The lowest BCUT2D eigenvalue weighted by Gasteiger charge is -2.27. The lowest BCUT2D eigenvalue weighted by Crippen LogP contribution is -2.54. The maximum absolute atomic E-state index is 12.7. The maximum Gasteiger partial charge on any atom is 0.329 e. The van der Waals surface area contributed by atoms with Gasteiger partial charge >= 0.3 is 5.97 Å². The Morgan fingerprint density at radius 3 is 2.25 bits per heavy atom. The fraction of sp³-hybridized carbons (Fsp3) is 0.429. The summed E-state index contributed by atoms with van der Waals surface area (Å²) in [6, 6.07) is 5.22. The van der Waals surface area contributed by atoms with Crippen LogP contribution in [0.3, 0.4) is 0 Å². The van der Waals surface area contributed by atoms with Crippen LogP contribution in [0.5, 0.6) is 5.75 Å². The average Bonchev–Trinajstić information content (AvgIpc) is 2.44. The van der Waals surface area contributed by atoms with Gasteiger partial charge in [-0.3, -0.25) is 4.79 Å². The second kappa shape index (κ2) is 6.88. The lowest BCUT2D eigenvalue weighted by molar-refractivity contribution is -0.148. The van der Waals surface area contributed by atoms with Crippen LogP contribution in [0.15, 0.2) is 24.3 Å². The molecule has 0 fully saturated rings. The van der Waals surface area contributed by atoms with Gasteiger partial charge in [0.05, 0.1) is 0 Å². The number of amides is 1. The molecule has 0 radical (unpaired) electrons. The molecule has 20 heavy (non-hydrogen) atoms. The normalized spacial score (nSPS) is 10.9. The zero-order chi connectivity index (χ0) is 15.2. The van der Waals surface area contributed by atoms with E-state index in [0.29, 0.717) is 5.75 Å². The van der Waals surface area contributed by atoms with E-state index in [9.17, 15) is 19.1 Å². The number of carbonyl (C=O) groups excluding carboxylic acids is 1. The van der Waals surface area contributed by atoms with Crippen LogP contribution in [0.25, 0.3) is 0 Å². The van der Waals surface area contributed by atoms with Gasteiger partial charge in [0.25, 0.3) is 5.91 Å². The third kappa shape index (κ3) is 3.94. The molecule has 1 rings (SSSR count). The Labute approximate surface area is 116 Å². The molecule has 0 bridgehead atoms. The van der Waals surface area contributed by atoms with E-state index in [1.54, 1.807) is 13.8 Å². The molecular formula is C14H18FNO4. The summed E-state index contributed by atoms with van der Waals surface area (Å²) in [5, 5.41) is 11.7. The van der Waals surface area contributed by atoms with Gasteiger partial charge in [-0.1, -0.05) is 13.8 Å². The third-order valence-corrected chi connectivity index (χ3v) is 3.18. The van der Waals surface area contributed by atoms with Crippen molar-refractivity contribution in [3.63, 3.8) is 0 Å². The van der Waals surface area contributed by atoms with E-state index in [-0.39, 0.29) is 19.4 Å². The second-order valence-electron chi connectivity index (χ2n) is 4.39. The van der Waals surface area contributed by atoms with Gasteiger partial charge in [-0.25, -0.2) is 9.18 Å². The minimum atomic E-state index is -1.27. The standard InChI is InChI=1S/C14H18FNO4/c1-3-14(4-2,13(18)19)16-12(17)9-20-11-7-5-10(15)6-8-11/h5-8H,3-4,9H2,1-2H3,(H,16,17)(H,18,19). The first-order valence-electron chi connectivity index (χ1n) is 6.36. The second-order valence-corrected chi connectivity index (χ2v) is 4.39. The van der Waals surface area contributed by atoms with Crippen LogP contribution in [0, 0.1) is 5.82 Å². The van der Waals surface area contributed by atoms with Gasteiger partial charge in [-0.2, -0.15) is 0 Å². The van der Waals surface area contributed by atoms with Crippen LogP contribution in [-0.4, -0.2) is 29.1 Å². The summed E-state index contributed by atoms with van der Waals surface area (Å²) in [4.78, 5) is 23.0. The van der Waals surface area contributed by atoms with Gasteiger partial charge in [-0.15, -0.1) is 0 Å². The molecule has 1 amide bonds. The quantitative estimate of drug-likeness (QED) is 0.802. The number of rotatable bonds is 7. The molecule has 0 aromatic heterocycles. The molecule has 0 saturated carbocycles. The molecule has 0 atom stereocenters. The number of nitrogens with one attached hydrogen (secondary N) is 1. The van der Waals surface area contributed by atoms with E-state index in [1.807, 2.05) is 0 Å². The van der Waals surface area contributed by atoms with Crippen molar-refractivity contribution >= 4 is 11.9 Å². The van der Waals surface area contributed by atoms with Crippen LogP contribution >= 0.6 is 0 Å². The molecule has 0 unspecified atom stereocenters. The Bertz CT molecular complexity index is 469. The highest BCUT2D eigenvalue weighted by Gasteiger charge is 2.36. The molecule has 0 aliphatic carbocycles. The SMILES string of the molecule is CCC(CC)(NC(=O)COc1ccc(F)cc1)C(=O)O. The Hall–Kier alpha value is -2.11. The minimum Gasteiger partial charge on any atom is -0.484 e. The molecule has 1 aromatic rings. The summed E-state index contributed by atoms with van der Waals surface area (Å²) in [6.07, 6.45) is 0.558. The molecule has 0 heterocycles. The van der Waals surface area contributed by atoms with Crippen molar-refractivity contribution in [1.82, 2.24) is 5.32 Å². The smallest absolute Gasteiger partial charge is 0.329 e. The first kappa shape index (κ1) is 15.9. The van der Waals surface area contributed by atoms with Crippen LogP contribution in [0.4, 0.5) is 4.39 Å². The number of aliphatic carboxylic acids is 1. The fourth-order valence-electron chi connectivity index (χ4n) is 1.77. The zero-order valence-corrected chi connectivity index (χ0v) is 11.5. The Balaban J connectivity index is 2.58. The van der Waals surface area contributed by atoms with Crippen molar-refractivity contribution in [3.05, 3.63) is 30.1 Å². The molecule has 1 aromatic carbocycles. The number of hydrogen-bond donors (Lipinski definition) is 2. The molecule has 2 N–H and O–H groups in total. The predicted molar refractivity (Wildman–Crippen MR) is 71.0 cm³/mol. The van der Waals surface area contributed by atoms with E-state index in [2.05, 4.69) is 5.32 Å². The fourth-order valence-corrected chi connectivity index (χ4v) is 1.77. The lowest BCUT2D eigenvalue weighted by atomic mass is 9.93. The average molecular weight is 283 g/mol. The van der Waals surface area contributed by atoms with Gasteiger partial charge in [0.1, 0.15) is 17.1 Å². The summed E-state index contributed by atoms with van der Waals surface area (Å²) in [5.41, 5.74) is -1.27. The molecular weight excluding hydrogens is 265 g/mol. The molecule has 110 valence electrons. The summed E-state index contributed by atoms with van der Waals surface area (Å²) in [5.74, 6) is -1.66. The number of carbonyl (C=O) groups is 2.